The van der Waals surface area contributed by atoms with Crippen molar-refractivity contribution < 1.29 is 9.90 Å². The molecule has 0 aliphatic heterocycles. The molecule has 4 rings (SSSR count). The van der Waals surface area contributed by atoms with Gasteiger partial charge in [0.1, 0.15) is 5.52 Å². The number of nitrogens with zero attached hydrogens (tertiary/aromatic N) is 3. The van der Waals surface area contributed by atoms with Gasteiger partial charge in [0.05, 0.1) is 6.33 Å². The van der Waals surface area contributed by atoms with Crippen molar-refractivity contribution in [2.24, 2.45) is 0 Å². The Balaban J connectivity index is 1.90. The zero-order valence-corrected chi connectivity index (χ0v) is 11.9. The maximum atomic E-state index is 12.2. The molecule has 5 nitrogen and oxygen atoms in total. The zero-order valence-electron chi connectivity index (χ0n) is 11.9. The highest BCUT2D eigenvalue weighted by Gasteiger charge is 2.55. The highest BCUT2D eigenvalue weighted by molar-refractivity contribution is 5.83. The first-order valence-corrected chi connectivity index (χ1v) is 7.30. The van der Waals surface area contributed by atoms with Gasteiger partial charge in [-0.25, -0.2) is 14.8 Å². The normalized spacial score (nSPS) is 24.1. The molecule has 2 aromatic heterocycles. The van der Waals surface area contributed by atoms with Crippen LogP contribution in [0.4, 0.5) is 0 Å². The average molecular weight is 293 g/mol. The standard InChI is InChI=1S/C17H15N3O2/c21-16(22)17(9-8-13(17)12-5-2-1-3-6-12)20-11-19-14-7-4-10-18-15(14)20/h1-7,10-11,13H,8-9H2,(H,21,22). The molecule has 2 unspecified atom stereocenters. The van der Waals surface area contributed by atoms with Gasteiger partial charge in [0.15, 0.2) is 11.2 Å². The molecule has 110 valence electrons. The molecule has 1 saturated carbocycles. The van der Waals surface area contributed by atoms with Crippen molar-refractivity contribution in [1.82, 2.24) is 14.5 Å². The number of carboxylic acid groups (broad SMARTS) is 1. The molecule has 2 atom stereocenters. The summed E-state index contributed by atoms with van der Waals surface area (Å²) < 4.78 is 1.74. The topological polar surface area (TPSA) is 68.0 Å². The molecular formula is C17H15N3O2. The molecule has 1 aromatic carbocycles. The Morgan fingerprint density at radius 1 is 1.18 bits per heavy atom. The first kappa shape index (κ1) is 13.0. The summed E-state index contributed by atoms with van der Waals surface area (Å²) in [5, 5.41) is 9.97. The van der Waals surface area contributed by atoms with Crippen LogP contribution in [0.15, 0.2) is 55.0 Å². The summed E-state index contributed by atoms with van der Waals surface area (Å²) in [5.74, 6) is -0.886. The number of pyridine rings is 1. The van der Waals surface area contributed by atoms with Crippen LogP contribution in [0.25, 0.3) is 11.2 Å². The van der Waals surface area contributed by atoms with Crippen LogP contribution < -0.4 is 0 Å². The molecule has 1 fully saturated rings. The van der Waals surface area contributed by atoms with Gasteiger partial charge in [-0.05, 0) is 30.5 Å². The van der Waals surface area contributed by atoms with Gasteiger partial charge in [-0.15, -0.1) is 0 Å². The second-order valence-electron chi connectivity index (χ2n) is 5.69. The summed E-state index contributed by atoms with van der Waals surface area (Å²) in [5.41, 5.74) is 1.41. The summed E-state index contributed by atoms with van der Waals surface area (Å²) >= 11 is 0. The van der Waals surface area contributed by atoms with E-state index in [1.54, 1.807) is 17.1 Å². The lowest BCUT2D eigenvalue weighted by atomic mass is 9.63. The number of hydrogen-bond acceptors (Lipinski definition) is 3. The number of benzene rings is 1. The fourth-order valence-electron chi connectivity index (χ4n) is 3.48. The minimum Gasteiger partial charge on any atom is -0.479 e. The van der Waals surface area contributed by atoms with E-state index in [1.165, 1.54) is 0 Å². The second kappa shape index (κ2) is 4.66. The fraction of sp³-hybridized carbons (Fsp3) is 0.235. The van der Waals surface area contributed by atoms with Crippen molar-refractivity contribution in [3.05, 3.63) is 60.6 Å². The van der Waals surface area contributed by atoms with Gasteiger partial charge in [-0.3, -0.25) is 4.57 Å². The first-order valence-electron chi connectivity index (χ1n) is 7.30. The molecule has 2 heterocycles. The smallest absolute Gasteiger partial charge is 0.330 e. The van der Waals surface area contributed by atoms with Gasteiger partial charge in [0, 0.05) is 12.1 Å². The highest BCUT2D eigenvalue weighted by atomic mass is 16.4. The number of rotatable bonds is 3. The quantitative estimate of drug-likeness (QED) is 0.806. The van der Waals surface area contributed by atoms with Gasteiger partial charge in [0.25, 0.3) is 0 Å². The lowest BCUT2D eigenvalue weighted by Crippen LogP contribution is -2.53. The predicted molar refractivity (Wildman–Crippen MR) is 81.6 cm³/mol. The monoisotopic (exact) mass is 293 g/mol. The summed E-state index contributed by atoms with van der Waals surface area (Å²) in [6.07, 6.45) is 4.72. The summed E-state index contributed by atoms with van der Waals surface area (Å²) in [7, 11) is 0. The lowest BCUT2D eigenvalue weighted by molar-refractivity contribution is -0.154. The number of hydrogen-bond donors (Lipinski definition) is 1. The molecule has 1 aliphatic rings. The fourth-order valence-corrected chi connectivity index (χ4v) is 3.48. The predicted octanol–water partition coefficient (Wildman–Crippen LogP) is 2.79. The highest BCUT2D eigenvalue weighted by Crippen LogP contribution is 2.52. The molecule has 0 bridgehead atoms. The maximum Gasteiger partial charge on any atom is 0.330 e. The Morgan fingerprint density at radius 2 is 2.00 bits per heavy atom. The van der Waals surface area contributed by atoms with Crippen molar-refractivity contribution in [3.8, 4) is 0 Å². The van der Waals surface area contributed by atoms with Gasteiger partial charge in [-0.2, -0.15) is 0 Å². The van der Waals surface area contributed by atoms with E-state index in [0.29, 0.717) is 12.1 Å². The average Bonchev–Trinajstić information content (AvgIpc) is 2.92. The molecule has 5 heteroatoms. The second-order valence-corrected chi connectivity index (χ2v) is 5.69. The number of carbonyl (C=O) groups is 1. The Labute approximate surface area is 127 Å². The zero-order chi connectivity index (χ0) is 15.2. The Kier molecular flexibility index (Phi) is 2.76. The third-order valence-electron chi connectivity index (χ3n) is 4.70. The maximum absolute atomic E-state index is 12.2. The summed E-state index contributed by atoms with van der Waals surface area (Å²) in [4.78, 5) is 20.8. The molecule has 0 spiro atoms. The Hall–Kier alpha value is -2.69. The van der Waals surface area contributed by atoms with Crippen molar-refractivity contribution in [3.63, 3.8) is 0 Å². The molecule has 1 N–H and O–H groups in total. The number of aliphatic carboxylic acids is 1. The van der Waals surface area contributed by atoms with E-state index in [-0.39, 0.29) is 5.92 Å². The van der Waals surface area contributed by atoms with Crippen LogP contribution in [-0.2, 0) is 10.3 Å². The Bertz CT molecular complexity index is 843. The van der Waals surface area contributed by atoms with Gasteiger partial charge in [-0.1, -0.05) is 30.3 Å². The molecular weight excluding hydrogens is 278 g/mol. The van der Waals surface area contributed by atoms with E-state index < -0.39 is 11.5 Å². The minimum atomic E-state index is -0.996. The van der Waals surface area contributed by atoms with Gasteiger partial charge in [0.2, 0.25) is 0 Å². The van der Waals surface area contributed by atoms with E-state index in [1.807, 2.05) is 42.5 Å². The molecule has 22 heavy (non-hydrogen) atoms. The van der Waals surface area contributed by atoms with Crippen LogP contribution in [0.5, 0.6) is 0 Å². The molecule has 1 aliphatic carbocycles. The van der Waals surface area contributed by atoms with Crippen molar-refractivity contribution in [2.45, 2.75) is 24.3 Å². The number of fused-ring (bicyclic) bond motifs is 1. The number of imidazole rings is 1. The molecule has 0 radical (unpaired) electrons. The van der Waals surface area contributed by atoms with Crippen LogP contribution in [0.1, 0.15) is 24.3 Å². The third-order valence-corrected chi connectivity index (χ3v) is 4.70. The summed E-state index contributed by atoms with van der Waals surface area (Å²) in [6.45, 7) is 0. The summed E-state index contributed by atoms with van der Waals surface area (Å²) in [6, 6.07) is 13.5. The van der Waals surface area contributed by atoms with E-state index >= 15 is 0 Å². The SMILES string of the molecule is O=C(O)C1(n2cnc3cccnc32)CCC1c1ccccc1. The molecule has 0 amide bonds. The van der Waals surface area contributed by atoms with E-state index in [0.717, 1.165) is 17.5 Å². The van der Waals surface area contributed by atoms with Crippen LogP contribution in [-0.4, -0.2) is 25.6 Å². The van der Waals surface area contributed by atoms with Gasteiger partial charge < -0.3 is 5.11 Å². The minimum absolute atomic E-state index is 0.0643. The van der Waals surface area contributed by atoms with Crippen molar-refractivity contribution in [2.75, 3.05) is 0 Å². The molecule has 0 saturated heterocycles. The molecule has 3 aromatic rings. The lowest BCUT2D eigenvalue weighted by Gasteiger charge is -2.47. The van der Waals surface area contributed by atoms with Crippen LogP contribution >= 0.6 is 0 Å². The van der Waals surface area contributed by atoms with Crippen LogP contribution in [0.3, 0.4) is 0 Å². The van der Waals surface area contributed by atoms with Crippen LogP contribution in [0, 0.1) is 0 Å². The third kappa shape index (κ3) is 1.62. The number of carboxylic acids is 1. The largest absolute Gasteiger partial charge is 0.479 e. The first-order chi connectivity index (χ1) is 10.7. The van der Waals surface area contributed by atoms with Crippen molar-refractivity contribution >= 4 is 17.1 Å². The van der Waals surface area contributed by atoms with E-state index in [2.05, 4.69) is 9.97 Å². The van der Waals surface area contributed by atoms with E-state index in [4.69, 9.17) is 0 Å². The number of aromatic nitrogens is 3. The van der Waals surface area contributed by atoms with Crippen LogP contribution in [0.2, 0.25) is 0 Å². The van der Waals surface area contributed by atoms with Crippen molar-refractivity contribution in [1.29, 1.82) is 0 Å². The Morgan fingerprint density at radius 3 is 2.68 bits per heavy atom. The van der Waals surface area contributed by atoms with Gasteiger partial charge >= 0.3 is 5.97 Å². The van der Waals surface area contributed by atoms with E-state index in [9.17, 15) is 9.90 Å².